The molecule has 1 amide bonds. The highest BCUT2D eigenvalue weighted by Crippen LogP contribution is 2.18. The number of hydrogen-bond acceptors (Lipinski definition) is 4. The van der Waals surface area contributed by atoms with Gasteiger partial charge in [0.1, 0.15) is 5.69 Å². The van der Waals surface area contributed by atoms with Crippen LogP contribution in [0.15, 0.2) is 12.3 Å². The summed E-state index contributed by atoms with van der Waals surface area (Å²) in [6, 6.07) is 1.24. The third-order valence-corrected chi connectivity index (χ3v) is 3.04. The lowest BCUT2D eigenvalue weighted by molar-refractivity contribution is -0.384. The Morgan fingerprint density at radius 2 is 2.10 bits per heavy atom. The molecule has 1 rings (SSSR count). The molecule has 0 bridgehead atoms. The van der Waals surface area contributed by atoms with E-state index in [4.69, 9.17) is 5.11 Å². The number of nitro groups is 1. The molecule has 0 atom stereocenters. The molecule has 1 N–H and O–H groups in total. The van der Waals surface area contributed by atoms with Gasteiger partial charge in [0.05, 0.1) is 17.5 Å². The highest BCUT2D eigenvalue weighted by molar-refractivity contribution is 5.93. The quantitative estimate of drug-likeness (QED) is 0.581. The van der Waals surface area contributed by atoms with Crippen LogP contribution < -0.4 is 0 Å². The van der Waals surface area contributed by atoms with Gasteiger partial charge in [0.15, 0.2) is 0 Å². The number of carbonyl (C=O) groups excluding carboxylic acids is 1. The van der Waals surface area contributed by atoms with Crippen LogP contribution in [-0.4, -0.2) is 44.5 Å². The van der Waals surface area contributed by atoms with Crippen LogP contribution in [0.25, 0.3) is 0 Å². The maximum absolute atomic E-state index is 12.4. The van der Waals surface area contributed by atoms with Crippen molar-refractivity contribution in [2.45, 2.75) is 33.2 Å². The van der Waals surface area contributed by atoms with Crippen molar-refractivity contribution in [3.63, 3.8) is 0 Å². The topological polar surface area (TPSA) is 106 Å². The molecule has 8 nitrogen and oxygen atoms in total. The van der Waals surface area contributed by atoms with E-state index in [2.05, 4.69) is 0 Å². The lowest BCUT2D eigenvalue weighted by Crippen LogP contribution is -2.34. The second kappa shape index (κ2) is 7.41. The molecule has 0 aromatic carbocycles. The predicted octanol–water partition coefficient (Wildman–Crippen LogP) is 1.74. The van der Waals surface area contributed by atoms with E-state index in [1.165, 1.54) is 17.2 Å². The van der Waals surface area contributed by atoms with Crippen LogP contribution >= 0.6 is 0 Å². The van der Waals surface area contributed by atoms with Crippen molar-refractivity contribution in [2.75, 3.05) is 13.1 Å². The molecule has 0 aliphatic rings. The van der Waals surface area contributed by atoms with Gasteiger partial charge in [-0.15, -0.1) is 0 Å². The van der Waals surface area contributed by atoms with Gasteiger partial charge < -0.3 is 14.6 Å². The van der Waals surface area contributed by atoms with Crippen molar-refractivity contribution >= 4 is 17.6 Å². The Morgan fingerprint density at radius 1 is 1.43 bits per heavy atom. The summed E-state index contributed by atoms with van der Waals surface area (Å²) in [5.41, 5.74) is 0.0804. The van der Waals surface area contributed by atoms with Gasteiger partial charge in [-0.25, -0.2) is 0 Å². The molecule has 116 valence electrons. The molecule has 0 saturated heterocycles. The first kappa shape index (κ1) is 16.7. The largest absolute Gasteiger partial charge is 0.481 e. The summed E-state index contributed by atoms with van der Waals surface area (Å²) in [4.78, 5) is 34.7. The zero-order valence-electron chi connectivity index (χ0n) is 12.1. The van der Waals surface area contributed by atoms with E-state index >= 15 is 0 Å². The summed E-state index contributed by atoms with van der Waals surface area (Å²) in [6.07, 6.45) is 1.91. The number of carbonyl (C=O) groups is 2. The van der Waals surface area contributed by atoms with Gasteiger partial charge in [-0.3, -0.25) is 19.7 Å². The van der Waals surface area contributed by atoms with E-state index < -0.39 is 10.9 Å². The molecule has 1 aromatic heterocycles. The Hall–Kier alpha value is -2.38. The van der Waals surface area contributed by atoms with Crippen molar-refractivity contribution in [1.82, 2.24) is 9.47 Å². The minimum absolute atomic E-state index is 0.0791. The molecule has 0 saturated carbocycles. The smallest absolute Gasteiger partial charge is 0.305 e. The molecule has 0 spiro atoms. The molecule has 0 aliphatic heterocycles. The van der Waals surface area contributed by atoms with Crippen LogP contribution in [0.1, 0.15) is 37.2 Å². The highest BCUT2D eigenvalue weighted by Gasteiger charge is 2.23. The molecule has 0 fully saturated rings. The Kier molecular flexibility index (Phi) is 5.89. The number of amides is 1. The average molecular weight is 297 g/mol. The zero-order chi connectivity index (χ0) is 16.0. The molecule has 1 aromatic rings. The number of aliphatic carboxylic acids is 1. The highest BCUT2D eigenvalue weighted by atomic mass is 16.6. The van der Waals surface area contributed by atoms with Gasteiger partial charge in [-0.05, 0) is 13.3 Å². The minimum Gasteiger partial charge on any atom is -0.481 e. The second-order valence-electron chi connectivity index (χ2n) is 4.56. The monoisotopic (exact) mass is 297 g/mol. The summed E-state index contributed by atoms with van der Waals surface area (Å²) in [5.74, 6) is -1.38. The first-order chi connectivity index (χ1) is 9.90. The third-order valence-electron chi connectivity index (χ3n) is 3.04. The van der Waals surface area contributed by atoms with Crippen molar-refractivity contribution < 1.29 is 19.6 Å². The van der Waals surface area contributed by atoms with Gasteiger partial charge in [0, 0.05) is 25.7 Å². The molecule has 0 radical (unpaired) electrons. The van der Waals surface area contributed by atoms with Crippen LogP contribution in [0.4, 0.5) is 5.69 Å². The second-order valence-corrected chi connectivity index (χ2v) is 4.56. The first-order valence-corrected chi connectivity index (χ1v) is 6.76. The Morgan fingerprint density at radius 3 is 2.57 bits per heavy atom. The van der Waals surface area contributed by atoms with Crippen molar-refractivity contribution in [3.05, 3.63) is 28.1 Å². The fourth-order valence-corrected chi connectivity index (χ4v) is 2.00. The van der Waals surface area contributed by atoms with E-state index in [9.17, 15) is 19.7 Å². The fourth-order valence-electron chi connectivity index (χ4n) is 2.00. The number of hydrogen-bond donors (Lipinski definition) is 1. The Bertz CT molecular complexity index is 538. The van der Waals surface area contributed by atoms with Gasteiger partial charge in [-0.2, -0.15) is 0 Å². The molecule has 1 heterocycles. The molecule has 0 unspecified atom stereocenters. The molecular formula is C13H19N3O5. The summed E-state index contributed by atoms with van der Waals surface area (Å²) >= 11 is 0. The summed E-state index contributed by atoms with van der Waals surface area (Å²) < 4.78 is 1.55. The van der Waals surface area contributed by atoms with Crippen molar-refractivity contribution in [3.8, 4) is 0 Å². The van der Waals surface area contributed by atoms with E-state index in [0.717, 1.165) is 6.42 Å². The Labute approximate surface area is 122 Å². The third kappa shape index (κ3) is 4.30. The lowest BCUT2D eigenvalue weighted by Gasteiger charge is -2.20. The number of rotatable bonds is 8. The molecule has 0 aliphatic carbocycles. The zero-order valence-corrected chi connectivity index (χ0v) is 12.1. The molecule has 21 heavy (non-hydrogen) atoms. The van der Waals surface area contributed by atoms with Crippen LogP contribution in [0.5, 0.6) is 0 Å². The van der Waals surface area contributed by atoms with Gasteiger partial charge in [0.2, 0.25) is 0 Å². The number of carboxylic acid groups (broad SMARTS) is 1. The number of aromatic nitrogens is 1. The normalized spacial score (nSPS) is 10.4. The SMILES string of the molecule is CCCn1cc([N+](=O)[O-])cc1C(=O)N(CC)CCC(=O)O. The van der Waals surface area contributed by atoms with E-state index in [1.54, 1.807) is 11.5 Å². The van der Waals surface area contributed by atoms with Crippen LogP contribution in [0.3, 0.4) is 0 Å². The lowest BCUT2D eigenvalue weighted by atomic mass is 10.3. The fraction of sp³-hybridized carbons (Fsp3) is 0.538. The van der Waals surface area contributed by atoms with E-state index in [-0.39, 0.29) is 30.3 Å². The number of nitrogens with zero attached hydrogens (tertiary/aromatic N) is 3. The number of carboxylic acids is 1. The van der Waals surface area contributed by atoms with Crippen LogP contribution in [-0.2, 0) is 11.3 Å². The van der Waals surface area contributed by atoms with Crippen molar-refractivity contribution in [2.24, 2.45) is 0 Å². The maximum atomic E-state index is 12.4. The van der Waals surface area contributed by atoms with Gasteiger partial charge >= 0.3 is 5.97 Å². The van der Waals surface area contributed by atoms with E-state index in [1.807, 2.05) is 6.92 Å². The summed E-state index contributed by atoms with van der Waals surface area (Å²) in [7, 11) is 0. The van der Waals surface area contributed by atoms with E-state index in [0.29, 0.717) is 13.1 Å². The summed E-state index contributed by atoms with van der Waals surface area (Å²) in [5, 5.41) is 19.5. The summed E-state index contributed by atoms with van der Waals surface area (Å²) in [6.45, 7) is 4.56. The van der Waals surface area contributed by atoms with Crippen LogP contribution in [0, 0.1) is 10.1 Å². The van der Waals surface area contributed by atoms with Crippen molar-refractivity contribution in [1.29, 1.82) is 0 Å². The Balaban J connectivity index is 3.02. The predicted molar refractivity (Wildman–Crippen MR) is 75.2 cm³/mol. The first-order valence-electron chi connectivity index (χ1n) is 6.76. The molecule has 8 heteroatoms. The minimum atomic E-state index is -0.990. The van der Waals surface area contributed by atoms with Gasteiger partial charge in [-0.1, -0.05) is 6.92 Å². The van der Waals surface area contributed by atoms with Crippen LogP contribution in [0.2, 0.25) is 0 Å². The molecular weight excluding hydrogens is 278 g/mol. The average Bonchev–Trinajstić information content (AvgIpc) is 2.83. The maximum Gasteiger partial charge on any atom is 0.305 e. The number of aryl methyl sites for hydroxylation is 1. The standard InChI is InChI=1S/C13H19N3O5/c1-3-6-15-9-10(16(20)21)8-11(15)13(19)14(4-2)7-5-12(17)18/h8-9H,3-7H2,1-2H3,(H,17,18). The van der Waals surface area contributed by atoms with Gasteiger partial charge in [0.25, 0.3) is 11.6 Å².